The summed E-state index contributed by atoms with van der Waals surface area (Å²) in [4.78, 5) is 23.2. The quantitative estimate of drug-likeness (QED) is 0.833. The van der Waals surface area contributed by atoms with Gasteiger partial charge in [-0.1, -0.05) is 24.3 Å². The Balaban J connectivity index is 1.95. The number of ether oxygens (including phenoxy) is 2. The first-order chi connectivity index (χ1) is 10.6. The van der Waals surface area contributed by atoms with Crippen molar-refractivity contribution in [3.05, 3.63) is 54.1 Å². The van der Waals surface area contributed by atoms with Crippen LogP contribution in [0.3, 0.4) is 0 Å². The lowest BCUT2D eigenvalue weighted by molar-refractivity contribution is -0.118. The zero-order valence-electron chi connectivity index (χ0n) is 12.5. The molecule has 5 nitrogen and oxygen atoms in total. The summed E-state index contributed by atoms with van der Waals surface area (Å²) in [5.74, 6) is 0.693. The van der Waals surface area contributed by atoms with E-state index in [1.54, 1.807) is 42.5 Å². The van der Waals surface area contributed by atoms with Crippen molar-refractivity contribution in [3.63, 3.8) is 0 Å². The van der Waals surface area contributed by atoms with Gasteiger partial charge in [-0.25, -0.2) is 0 Å². The van der Waals surface area contributed by atoms with Gasteiger partial charge in [0.25, 0.3) is 5.91 Å². The number of methoxy groups -OCH3 is 1. The topological polar surface area (TPSA) is 64.6 Å². The van der Waals surface area contributed by atoms with Gasteiger partial charge in [0, 0.05) is 5.56 Å². The number of hydrogen-bond donors (Lipinski definition) is 1. The summed E-state index contributed by atoms with van der Waals surface area (Å²) in [6.07, 6.45) is 0. The van der Waals surface area contributed by atoms with E-state index in [4.69, 9.17) is 9.47 Å². The van der Waals surface area contributed by atoms with Crippen LogP contribution < -0.4 is 14.8 Å². The van der Waals surface area contributed by atoms with Crippen LogP contribution in [0.4, 0.5) is 5.69 Å². The molecule has 0 unspecified atom stereocenters. The molecule has 0 aromatic heterocycles. The predicted molar refractivity (Wildman–Crippen MR) is 83.6 cm³/mol. The highest BCUT2D eigenvalue weighted by Crippen LogP contribution is 2.23. The summed E-state index contributed by atoms with van der Waals surface area (Å²) < 4.78 is 10.6. The second-order valence-corrected chi connectivity index (χ2v) is 4.62. The number of hydrogen-bond acceptors (Lipinski definition) is 4. The van der Waals surface area contributed by atoms with Gasteiger partial charge in [-0.15, -0.1) is 0 Å². The Labute approximate surface area is 128 Å². The fourth-order valence-corrected chi connectivity index (χ4v) is 1.89. The van der Waals surface area contributed by atoms with E-state index in [1.807, 2.05) is 6.07 Å². The molecule has 0 spiro atoms. The number of amides is 1. The molecule has 0 aliphatic rings. The van der Waals surface area contributed by atoms with Crippen LogP contribution in [0.15, 0.2) is 48.5 Å². The lowest BCUT2D eigenvalue weighted by atomic mass is 10.1. The third-order valence-corrected chi connectivity index (χ3v) is 2.99. The Morgan fingerprint density at radius 3 is 2.59 bits per heavy atom. The molecule has 0 saturated heterocycles. The fraction of sp³-hybridized carbons (Fsp3) is 0.176. The molecule has 0 bridgehead atoms. The molecule has 0 heterocycles. The number of para-hydroxylation sites is 2. The molecule has 0 saturated carbocycles. The largest absolute Gasteiger partial charge is 0.495 e. The zero-order chi connectivity index (χ0) is 15.9. The van der Waals surface area contributed by atoms with Crippen LogP contribution in [-0.2, 0) is 4.79 Å². The first-order valence-electron chi connectivity index (χ1n) is 6.77. The summed E-state index contributed by atoms with van der Waals surface area (Å²) in [6.45, 7) is 1.33. The molecule has 2 aromatic carbocycles. The average Bonchev–Trinajstić information content (AvgIpc) is 2.53. The molecular weight excluding hydrogens is 282 g/mol. The van der Waals surface area contributed by atoms with Gasteiger partial charge in [0.15, 0.2) is 12.4 Å². The van der Waals surface area contributed by atoms with Gasteiger partial charge in [0.1, 0.15) is 11.5 Å². The number of Topliss-reactive ketones (excluding diaryl/α,β-unsaturated/α-hetero) is 1. The van der Waals surface area contributed by atoms with Crippen LogP contribution in [-0.4, -0.2) is 25.4 Å². The van der Waals surface area contributed by atoms with E-state index >= 15 is 0 Å². The van der Waals surface area contributed by atoms with E-state index in [2.05, 4.69) is 5.32 Å². The normalized spacial score (nSPS) is 9.91. The van der Waals surface area contributed by atoms with Crippen LogP contribution in [0.25, 0.3) is 0 Å². The van der Waals surface area contributed by atoms with Gasteiger partial charge in [-0.2, -0.15) is 0 Å². The maximum absolute atomic E-state index is 11.9. The second-order valence-electron chi connectivity index (χ2n) is 4.62. The standard InChI is InChI=1S/C17H17NO4/c1-12(19)13-6-5-7-14(10-13)22-11-17(20)18-15-8-3-4-9-16(15)21-2/h3-10H,11H2,1-2H3,(H,18,20). The van der Waals surface area contributed by atoms with Crippen molar-refractivity contribution in [1.29, 1.82) is 0 Å². The Morgan fingerprint density at radius 2 is 1.86 bits per heavy atom. The van der Waals surface area contributed by atoms with E-state index in [0.29, 0.717) is 22.7 Å². The molecule has 114 valence electrons. The molecule has 0 fully saturated rings. The number of carbonyl (C=O) groups excluding carboxylic acids is 2. The van der Waals surface area contributed by atoms with Crippen LogP contribution in [0.1, 0.15) is 17.3 Å². The summed E-state index contributed by atoms with van der Waals surface area (Å²) in [5, 5.41) is 2.71. The lowest BCUT2D eigenvalue weighted by Gasteiger charge is -2.11. The molecule has 0 radical (unpaired) electrons. The van der Waals surface area contributed by atoms with Gasteiger partial charge in [0.05, 0.1) is 12.8 Å². The van der Waals surface area contributed by atoms with Gasteiger partial charge in [0.2, 0.25) is 0 Å². The second kappa shape index (κ2) is 7.26. The van der Waals surface area contributed by atoms with Crippen molar-refractivity contribution < 1.29 is 19.1 Å². The van der Waals surface area contributed by atoms with Crippen LogP contribution >= 0.6 is 0 Å². The van der Waals surface area contributed by atoms with Crippen molar-refractivity contribution >= 4 is 17.4 Å². The van der Waals surface area contributed by atoms with Crippen LogP contribution in [0.5, 0.6) is 11.5 Å². The van der Waals surface area contributed by atoms with Crippen molar-refractivity contribution in [2.45, 2.75) is 6.92 Å². The Kier molecular flexibility index (Phi) is 5.14. The first kappa shape index (κ1) is 15.6. The Morgan fingerprint density at radius 1 is 1.09 bits per heavy atom. The van der Waals surface area contributed by atoms with Crippen molar-refractivity contribution in [3.8, 4) is 11.5 Å². The van der Waals surface area contributed by atoms with E-state index in [9.17, 15) is 9.59 Å². The summed E-state index contributed by atoms with van der Waals surface area (Å²) in [7, 11) is 1.54. The Hall–Kier alpha value is -2.82. The lowest BCUT2D eigenvalue weighted by Crippen LogP contribution is -2.20. The third-order valence-electron chi connectivity index (χ3n) is 2.99. The smallest absolute Gasteiger partial charge is 0.262 e. The van der Waals surface area contributed by atoms with Gasteiger partial charge >= 0.3 is 0 Å². The highest BCUT2D eigenvalue weighted by atomic mass is 16.5. The van der Waals surface area contributed by atoms with Crippen molar-refractivity contribution in [1.82, 2.24) is 0 Å². The van der Waals surface area contributed by atoms with E-state index < -0.39 is 0 Å². The molecule has 0 atom stereocenters. The highest BCUT2D eigenvalue weighted by Gasteiger charge is 2.08. The predicted octanol–water partition coefficient (Wildman–Crippen LogP) is 2.92. The van der Waals surface area contributed by atoms with Crippen LogP contribution in [0, 0.1) is 0 Å². The maximum atomic E-state index is 11.9. The molecule has 2 aromatic rings. The zero-order valence-corrected chi connectivity index (χ0v) is 12.5. The summed E-state index contributed by atoms with van der Waals surface area (Å²) in [6, 6.07) is 13.8. The molecule has 0 aliphatic heterocycles. The van der Waals surface area contributed by atoms with Gasteiger partial charge < -0.3 is 14.8 Å². The fourth-order valence-electron chi connectivity index (χ4n) is 1.89. The molecule has 5 heteroatoms. The molecule has 1 amide bonds. The molecule has 22 heavy (non-hydrogen) atoms. The molecule has 1 N–H and O–H groups in total. The van der Waals surface area contributed by atoms with Gasteiger partial charge in [-0.3, -0.25) is 9.59 Å². The highest BCUT2D eigenvalue weighted by molar-refractivity contribution is 5.95. The minimum atomic E-state index is -0.308. The van der Waals surface area contributed by atoms with E-state index in [-0.39, 0.29) is 18.3 Å². The number of nitrogens with one attached hydrogen (secondary N) is 1. The SMILES string of the molecule is COc1ccccc1NC(=O)COc1cccc(C(C)=O)c1. The number of benzene rings is 2. The van der Waals surface area contributed by atoms with E-state index in [1.165, 1.54) is 14.0 Å². The first-order valence-corrected chi connectivity index (χ1v) is 6.77. The average molecular weight is 299 g/mol. The number of carbonyl (C=O) groups is 2. The van der Waals surface area contributed by atoms with Crippen LogP contribution in [0.2, 0.25) is 0 Å². The van der Waals surface area contributed by atoms with Crippen molar-refractivity contribution in [2.24, 2.45) is 0 Å². The minimum absolute atomic E-state index is 0.0519. The number of ketones is 1. The summed E-state index contributed by atoms with van der Waals surface area (Å²) >= 11 is 0. The molecular formula is C17H17NO4. The monoisotopic (exact) mass is 299 g/mol. The third kappa shape index (κ3) is 4.09. The van der Waals surface area contributed by atoms with Gasteiger partial charge in [-0.05, 0) is 31.2 Å². The minimum Gasteiger partial charge on any atom is -0.495 e. The maximum Gasteiger partial charge on any atom is 0.262 e. The number of anilines is 1. The Bertz CT molecular complexity index is 682. The molecule has 2 rings (SSSR count). The van der Waals surface area contributed by atoms with Crippen molar-refractivity contribution in [2.75, 3.05) is 19.0 Å². The molecule has 0 aliphatic carbocycles. The summed E-state index contributed by atoms with van der Waals surface area (Å²) in [5.41, 5.74) is 1.12. The number of rotatable bonds is 6. The van der Waals surface area contributed by atoms with E-state index in [0.717, 1.165) is 0 Å².